The van der Waals surface area contributed by atoms with Crippen LogP contribution in [0.25, 0.3) is 0 Å². The van der Waals surface area contributed by atoms with Crippen LogP contribution in [0.1, 0.15) is 46.0 Å². The summed E-state index contributed by atoms with van der Waals surface area (Å²) in [6.07, 6.45) is 8.75. The fourth-order valence-corrected chi connectivity index (χ4v) is 4.52. The highest BCUT2D eigenvalue weighted by Gasteiger charge is 2.26. The molecule has 1 saturated heterocycles. The Morgan fingerprint density at radius 2 is 2.09 bits per heavy atom. The SMILES string of the molecule is CN=C(NC[C@H]1CCCN1CC(C)C)NC1CCC(SC)C1.I. The van der Waals surface area contributed by atoms with E-state index in [0.717, 1.165) is 23.7 Å². The summed E-state index contributed by atoms with van der Waals surface area (Å²) in [5, 5.41) is 8.01. The van der Waals surface area contributed by atoms with Crippen molar-refractivity contribution in [1.29, 1.82) is 0 Å². The average molecular weight is 454 g/mol. The van der Waals surface area contributed by atoms with E-state index < -0.39 is 0 Å². The van der Waals surface area contributed by atoms with Gasteiger partial charge in [0.05, 0.1) is 0 Å². The molecule has 0 aromatic carbocycles. The molecule has 136 valence electrons. The largest absolute Gasteiger partial charge is 0.355 e. The number of likely N-dealkylation sites (tertiary alicyclic amines) is 1. The Kier molecular flexibility index (Phi) is 10.2. The molecule has 0 amide bonds. The van der Waals surface area contributed by atoms with Gasteiger partial charge >= 0.3 is 0 Å². The number of guanidine groups is 1. The fraction of sp³-hybridized carbons (Fsp3) is 0.941. The Hall–Kier alpha value is 0.310. The lowest BCUT2D eigenvalue weighted by Crippen LogP contribution is -2.47. The summed E-state index contributed by atoms with van der Waals surface area (Å²) < 4.78 is 0. The predicted octanol–water partition coefficient (Wildman–Crippen LogP) is 3.17. The highest BCUT2D eigenvalue weighted by molar-refractivity contribution is 14.0. The van der Waals surface area contributed by atoms with E-state index in [0.29, 0.717) is 12.1 Å². The minimum Gasteiger partial charge on any atom is -0.355 e. The Labute approximate surface area is 164 Å². The quantitative estimate of drug-likeness (QED) is 0.368. The van der Waals surface area contributed by atoms with Gasteiger partial charge in [-0.15, -0.1) is 24.0 Å². The van der Waals surface area contributed by atoms with Crippen molar-refractivity contribution in [3.8, 4) is 0 Å². The van der Waals surface area contributed by atoms with Crippen LogP contribution in [0.5, 0.6) is 0 Å². The molecule has 1 aliphatic heterocycles. The van der Waals surface area contributed by atoms with Crippen LogP contribution in [-0.2, 0) is 0 Å². The first-order valence-corrected chi connectivity index (χ1v) is 10.1. The summed E-state index contributed by atoms with van der Waals surface area (Å²) in [6, 6.07) is 1.27. The molecule has 0 aromatic rings. The van der Waals surface area contributed by atoms with Crippen molar-refractivity contribution in [3.63, 3.8) is 0 Å². The first-order chi connectivity index (χ1) is 10.6. The molecule has 0 radical (unpaired) electrons. The van der Waals surface area contributed by atoms with Gasteiger partial charge in [0.2, 0.25) is 0 Å². The van der Waals surface area contributed by atoms with Crippen LogP contribution in [0, 0.1) is 5.92 Å². The molecule has 0 spiro atoms. The normalized spacial score (nSPS) is 28.9. The van der Waals surface area contributed by atoms with Crippen LogP contribution < -0.4 is 10.6 Å². The van der Waals surface area contributed by atoms with Crippen LogP contribution in [0.15, 0.2) is 4.99 Å². The van der Waals surface area contributed by atoms with E-state index in [1.165, 1.54) is 45.2 Å². The van der Waals surface area contributed by atoms with Crippen LogP contribution in [0.3, 0.4) is 0 Å². The molecule has 2 unspecified atom stereocenters. The van der Waals surface area contributed by atoms with Gasteiger partial charge in [0.1, 0.15) is 0 Å². The van der Waals surface area contributed by atoms with Gasteiger partial charge in [-0.1, -0.05) is 13.8 Å². The van der Waals surface area contributed by atoms with Gasteiger partial charge in [-0.2, -0.15) is 11.8 Å². The van der Waals surface area contributed by atoms with Crippen LogP contribution in [0.4, 0.5) is 0 Å². The van der Waals surface area contributed by atoms with E-state index in [-0.39, 0.29) is 24.0 Å². The standard InChI is InChI=1S/C17H34N4S.HI/c1-13(2)12-21-9-5-6-15(21)11-19-17(18-3)20-14-7-8-16(10-14)22-4;/h13-16H,5-12H2,1-4H3,(H2,18,19,20);1H/t14?,15-,16?;/m1./s1. The highest BCUT2D eigenvalue weighted by atomic mass is 127. The third kappa shape index (κ3) is 6.98. The predicted molar refractivity (Wildman–Crippen MR) is 114 cm³/mol. The molecular weight excluding hydrogens is 419 g/mol. The lowest BCUT2D eigenvalue weighted by atomic mass is 10.1. The van der Waals surface area contributed by atoms with Gasteiger partial charge in [0.25, 0.3) is 0 Å². The zero-order chi connectivity index (χ0) is 15.9. The van der Waals surface area contributed by atoms with Gasteiger partial charge < -0.3 is 10.6 Å². The maximum absolute atomic E-state index is 4.42. The summed E-state index contributed by atoms with van der Waals surface area (Å²) in [6.45, 7) is 8.12. The minimum absolute atomic E-state index is 0. The third-order valence-electron chi connectivity index (χ3n) is 4.89. The van der Waals surface area contributed by atoms with E-state index >= 15 is 0 Å². The minimum atomic E-state index is 0. The molecule has 2 rings (SSSR count). The maximum Gasteiger partial charge on any atom is 0.191 e. The van der Waals surface area contributed by atoms with Crippen LogP contribution in [0.2, 0.25) is 0 Å². The molecule has 0 aromatic heterocycles. The lowest BCUT2D eigenvalue weighted by molar-refractivity contribution is 0.226. The van der Waals surface area contributed by atoms with Gasteiger partial charge in [-0.25, -0.2) is 0 Å². The Balaban J connectivity index is 0.00000264. The van der Waals surface area contributed by atoms with Gasteiger partial charge in [-0.3, -0.25) is 9.89 Å². The molecule has 0 bridgehead atoms. The van der Waals surface area contributed by atoms with Crippen molar-refractivity contribution in [1.82, 2.24) is 15.5 Å². The number of halogens is 1. The molecule has 4 nitrogen and oxygen atoms in total. The smallest absolute Gasteiger partial charge is 0.191 e. The van der Waals surface area contributed by atoms with E-state index in [2.05, 4.69) is 40.6 Å². The van der Waals surface area contributed by atoms with E-state index in [4.69, 9.17) is 0 Å². The molecule has 6 heteroatoms. The third-order valence-corrected chi connectivity index (χ3v) is 5.98. The van der Waals surface area contributed by atoms with Gasteiger partial charge in [-0.05, 0) is 50.8 Å². The van der Waals surface area contributed by atoms with Crippen molar-refractivity contribution < 1.29 is 0 Å². The first-order valence-electron chi connectivity index (χ1n) is 8.86. The number of thioether (sulfide) groups is 1. The molecule has 23 heavy (non-hydrogen) atoms. The molecule has 3 atom stereocenters. The van der Waals surface area contributed by atoms with Crippen LogP contribution >= 0.6 is 35.7 Å². The van der Waals surface area contributed by atoms with Crippen molar-refractivity contribution in [2.75, 3.05) is 32.9 Å². The van der Waals surface area contributed by atoms with Crippen molar-refractivity contribution in [2.45, 2.75) is 63.3 Å². The summed E-state index contributed by atoms with van der Waals surface area (Å²) in [4.78, 5) is 7.06. The first kappa shape index (κ1) is 21.4. The van der Waals surface area contributed by atoms with Gasteiger partial charge in [0, 0.05) is 37.5 Å². The second-order valence-corrected chi connectivity index (χ2v) is 8.29. The molecular formula is C17H35IN4S. The summed E-state index contributed by atoms with van der Waals surface area (Å²) >= 11 is 2.00. The second kappa shape index (κ2) is 11.0. The van der Waals surface area contributed by atoms with Crippen LogP contribution in [-0.4, -0.2) is 61.1 Å². The monoisotopic (exact) mass is 454 g/mol. The molecule has 1 heterocycles. The maximum atomic E-state index is 4.42. The Bertz CT molecular complexity index is 365. The zero-order valence-corrected chi connectivity index (χ0v) is 18.3. The average Bonchev–Trinajstić information content (AvgIpc) is 3.12. The van der Waals surface area contributed by atoms with Crippen molar-refractivity contribution in [2.24, 2.45) is 10.9 Å². The zero-order valence-electron chi connectivity index (χ0n) is 15.2. The number of rotatable bonds is 6. The van der Waals surface area contributed by atoms with E-state index in [9.17, 15) is 0 Å². The molecule has 1 aliphatic carbocycles. The van der Waals surface area contributed by atoms with E-state index in [1.54, 1.807) is 0 Å². The van der Waals surface area contributed by atoms with Gasteiger partial charge in [0.15, 0.2) is 5.96 Å². The second-order valence-electron chi connectivity index (χ2n) is 7.15. The summed E-state index contributed by atoms with van der Waals surface area (Å²) in [5.41, 5.74) is 0. The number of hydrogen-bond donors (Lipinski definition) is 2. The Morgan fingerprint density at radius 3 is 2.70 bits per heavy atom. The van der Waals surface area contributed by atoms with E-state index in [1.807, 2.05) is 18.8 Å². The Morgan fingerprint density at radius 1 is 1.30 bits per heavy atom. The van der Waals surface area contributed by atoms with Crippen molar-refractivity contribution in [3.05, 3.63) is 0 Å². The number of aliphatic imine (C=N–C) groups is 1. The van der Waals surface area contributed by atoms with Crippen molar-refractivity contribution >= 4 is 41.7 Å². The fourth-order valence-electron chi connectivity index (χ4n) is 3.72. The highest BCUT2D eigenvalue weighted by Crippen LogP contribution is 2.28. The lowest BCUT2D eigenvalue weighted by Gasteiger charge is -2.27. The molecule has 1 saturated carbocycles. The molecule has 2 fully saturated rings. The molecule has 2 N–H and O–H groups in total. The topological polar surface area (TPSA) is 39.7 Å². The number of hydrogen-bond acceptors (Lipinski definition) is 3. The molecule has 2 aliphatic rings. The number of nitrogens with one attached hydrogen (secondary N) is 2. The summed E-state index contributed by atoms with van der Waals surface area (Å²) in [5.74, 6) is 1.74. The number of nitrogens with zero attached hydrogens (tertiary/aromatic N) is 2. The summed E-state index contributed by atoms with van der Waals surface area (Å²) in [7, 11) is 1.89.